The lowest BCUT2D eigenvalue weighted by Crippen LogP contribution is -2.45. The summed E-state index contributed by atoms with van der Waals surface area (Å²) in [5, 5.41) is 0. The Kier molecular flexibility index (Phi) is 4.19. The van der Waals surface area contributed by atoms with Gasteiger partial charge in [0.25, 0.3) is 0 Å². The number of aryl methyl sites for hydroxylation is 2. The van der Waals surface area contributed by atoms with Crippen molar-refractivity contribution in [2.24, 2.45) is 0 Å². The van der Waals surface area contributed by atoms with Crippen molar-refractivity contribution in [3.8, 4) is 0 Å². The molecule has 2 aromatic rings. The van der Waals surface area contributed by atoms with E-state index in [4.69, 9.17) is 4.98 Å². The number of benzene rings is 1. The monoisotopic (exact) mass is 538 g/mol. The molecule has 2 aliphatic rings. The quantitative estimate of drug-likeness (QED) is 0.406. The highest BCUT2D eigenvalue weighted by atomic mass is 127. The van der Waals surface area contributed by atoms with Gasteiger partial charge in [-0.05, 0) is 79.9 Å². The van der Waals surface area contributed by atoms with Crippen LogP contribution in [0.25, 0.3) is 11.0 Å². The van der Waals surface area contributed by atoms with Crippen molar-refractivity contribution in [2.75, 3.05) is 38.1 Å². The molecular formula is C15H17Br2IN4. The molecule has 0 atom stereocenters. The van der Waals surface area contributed by atoms with E-state index in [2.05, 4.69) is 75.9 Å². The zero-order valence-corrected chi connectivity index (χ0v) is 17.7. The molecule has 0 unspecified atom stereocenters. The van der Waals surface area contributed by atoms with E-state index in [-0.39, 0.29) is 0 Å². The van der Waals surface area contributed by atoms with Crippen LogP contribution >= 0.6 is 54.5 Å². The zero-order valence-electron chi connectivity index (χ0n) is 12.4. The molecule has 0 amide bonds. The van der Waals surface area contributed by atoms with Crippen LogP contribution in [0.5, 0.6) is 0 Å². The first-order chi connectivity index (χ1) is 10.6. The summed E-state index contributed by atoms with van der Waals surface area (Å²) >= 11 is 9.92. The molecule has 0 aliphatic carbocycles. The minimum Gasteiger partial charge on any atom is -0.340 e. The molecule has 4 rings (SSSR count). The average Bonchev–Trinajstić information content (AvgIpc) is 2.92. The fraction of sp³-hybridized carbons (Fsp3) is 0.533. The van der Waals surface area contributed by atoms with Crippen molar-refractivity contribution in [1.29, 1.82) is 0 Å². The summed E-state index contributed by atoms with van der Waals surface area (Å²) in [6, 6.07) is 0. The summed E-state index contributed by atoms with van der Waals surface area (Å²) < 4.78 is 6.00. The largest absolute Gasteiger partial charge is 0.340 e. The topological polar surface area (TPSA) is 24.3 Å². The maximum absolute atomic E-state index is 5.05. The molecule has 0 radical (unpaired) electrons. The highest BCUT2D eigenvalue weighted by Gasteiger charge is 2.27. The maximum atomic E-state index is 5.05. The Morgan fingerprint density at radius 3 is 2.50 bits per heavy atom. The number of nitrogens with zero attached hydrogens (tertiary/aromatic N) is 4. The fourth-order valence-electron chi connectivity index (χ4n) is 3.44. The van der Waals surface area contributed by atoms with Crippen LogP contribution in [0.2, 0.25) is 0 Å². The molecule has 0 N–H and O–H groups in total. The van der Waals surface area contributed by atoms with Crippen LogP contribution in [-0.4, -0.2) is 47.7 Å². The molecule has 1 saturated heterocycles. The Bertz CT molecular complexity index is 750. The Morgan fingerprint density at radius 2 is 1.77 bits per heavy atom. The number of imidazole rings is 1. The average molecular weight is 540 g/mol. The van der Waals surface area contributed by atoms with E-state index in [0.717, 1.165) is 55.1 Å². The van der Waals surface area contributed by atoms with Gasteiger partial charge in [0, 0.05) is 41.7 Å². The van der Waals surface area contributed by atoms with Crippen molar-refractivity contribution in [3.63, 3.8) is 0 Å². The van der Waals surface area contributed by atoms with Crippen LogP contribution in [0, 0.1) is 3.57 Å². The molecule has 3 heterocycles. The zero-order chi connectivity index (χ0) is 15.4. The van der Waals surface area contributed by atoms with E-state index in [1.165, 1.54) is 25.5 Å². The smallest absolute Gasteiger partial charge is 0.206 e. The van der Waals surface area contributed by atoms with E-state index >= 15 is 0 Å². The van der Waals surface area contributed by atoms with Gasteiger partial charge in [-0.2, -0.15) is 0 Å². The lowest BCUT2D eigenvalue weighted by Gasteiger charge is -2.33. The molecule has 7 heteroatoms. The molecule has 22 heavy (non-hydrogen) atoms. The van der Waals surface area contributed by atoms with Gasteiger partial charge in [0.1, 0.15) is 5.52 Å². The number of hydrogen-bond acceptors (Lipinski definition) is 3. The second-order valence-corrected chi connectivity index (χ2v) is 8.74. The van der Waals surface area contributed by atoms with Gasteiger partial charge < -0.3 is 14.4 Å². The predicted octanol–water partition coefficient (Wildman–Crippen LogP) is 3.86. The minimum absolute atomic E-state index is 1.06. The molecule has 118 valence electrons. The van der Waals surface area contributed by atoms with Gasteiger partial charge in [-0.3, -0.25) is 0 Å². The van der Waals surface area contributed by atoms with Gasteiger partial charge in [0.2, 0.25) is 5.95 Å². The molecule has 1 fully saturated rings. The number of hydrogen-bond donors (Lipinski definition) is 0. The molecule has 1 aromatic heterocycles. The number of likely N-dealkylation sites (N-methyl/N-ethyl adjacent to an activating group) is 1. The summed E-state index contributed by atoms with van der Waals surface area (Å²) in [5.41, 5.74) is 3.89. The SMILES string of the molecule is CN1CCN(c2nc3c(I)c(Br)c(Br)c4c3n2CCC4)CC1. The summed E-state index contributed by atoms with van der Waals surface area (Å²) in [6.07, 6.45) is 2.31. The maximum Gasteiger partial charge on any atom is 0.206 e. The summed E-state index contributed by atoms with van der Waals surface area (Å²) in [7, 11) is 2.19. The lowest BCUT2D eigenvalue weighted by atomic mass is 10.0. The summed E-state index contributed by atoms with van der Waals surface area (Å²) in [6.45, 7) is 5.43. The van der Waals surface area contributed by atoms with E-state index in [9.17, 15) is 0 Å². The first-order valence-electron chi connectivity index (χ1n) is 7.57. The molecular weight excluding hydrogens is 523 g/mol. The highest BCUT2D eigenvalue weighted by molar-refractivity contribution is 14.1. The van der Waals surface area contributed by atoms with Crippen molar-refractivity contribution in [1.82, 2.24) is 14.5 Å². The van der Waals surface area contributed by atoms with Crippen molar-refractivity contribution in [2.45, 2.75) is 19.4 Å². The van der Waals surface area contributed by atoms with Crippen molar-refractivity contribution in [3.05, 3.63) is 18.1 Å². The first-order valence-corrected chi connectivity index (χ1v) is 10.2. The summed E-state index contributed by atoms with van der Waals surface area (Å²) in [5.74, 6) is 1.16. The summed E-state index contributed by atoms with van der Waals surface area (Å²) in [4.78, 5) is 9.88. The van der Waals surface area contributed by atoms with Gasteiger partial charge >= 0.3 is 0 Å². The number of anilines is 1. The van der Waals surface area contributed by atoms with E-state index in [1.807, 2.05) is 0 Å². The van der Waals surface area contributed by atoms with Crippen LogP contribution in [0.4, 0.5) is 5.95 Å². The molecule has 2 aliphatic heterocycles. The molecule has 4 nitrogen and oxygen atoms in total. The first kappa shape index (κ1) is 15.7. The van der Waals surface area contributed by atoms with Crippen molar-refractivity contribution >= 4 is 71.4 Å². The number of piperazine rings is 1. The predicted molar refractivity (Wildman–Crippen MR) is 106 cm³/mol. The van der Waals surface area contributed by atoms with Gasteiger partial charge in [0.15, 0.2) is 0 Å². The molecule has 0 spiro atoms. The van der Waals surface area contributed by atoms with Crippen LogP contribution in [-0.2, 0) is 13.0 Å². The Morgan fingerprint density at radius 1 is 1.05 bits per heavy atom. The molecule has 0 bridgehead atoms. The van der Waals surface area contributed by atoms with E-state index < -0.39 is 0 Å². The Hall–Kier alpha value is 0.140. The molecule has 1 aromatic carbocycles. The van der Waals surface area contributed by atoms with Crippen molar-refractivity contribution < 1.29 is 0 Å². The standard InChI is InChI=1S/C15H17Br2IN4/c1-20-5-7-21(8-6-20)15-19-13-12(18)11(17)10(16)9-3-2-4-22(15)14(9)13/h2-8H2,1H3. The van der Waals surface area contributed by atoms with Crippen LogP contribution in [0.1, 0.15) is 12.0 Å². The van der Waals surface area contributed by atoms with E-state index in [0.29, 0.717) is 0 Å². The van der Waals surface area contributed by atoms with Gasteiger partial charge in [-0.1, -0.05) is 0 Å². The third-order valence-electron chi connectivity index (χ3n) is 4.69. The van der Waals surface area contributed by atoms with Gasteiger partial charge in [-0.15, -0.1) is 0 Å². The highest BCUT2D eigenvalue weighted by Crippen LogP contribution is 2.42. The number of rotatable bonds is 1. The normalized spacial score (nSPS) is 19.2. The van der Waals surface area contributed by atoms with Crippen LogP contribution in [0.3, 0.4) is 0 Å². The third kappa shape index (κ3) is 2.34. The van der Waals surface area contributed by atoms with Crippen LogP contribution < -0.4 is 4.90 Å². The van der Waals surface area contributed by atoms with Crippen LogP contribution in [0.15, 0.2) is 8.95 Å². The number of aromatic nitrogens is 2. The Balaban J connectivity index is 1.91. The third-order valence-corrected chi connectivity index (χ3v) is 8.68. The number of halogens is 3. The van der Waals surface area contributed by atoms with Gasteiger partial charge in [-0.25, -0.2) is 4.98 Å². The van der Waals surface area contributed by atoms with E-state index in [1.54, 1.807) is 0 Å². The molecule has 0 saturated carbocycles. The second kappa shape index (κ2) is 5.89. The lowest BCUT2D eigenvalue weighted by molar-refractivity contribution is 0.310. The second-order valence-electron chi connectivity index (χ2n) is 6.08. The van der Waals surface area contributed by atoms with Gasteiger partial charge in [0.05, 0.1) is 9.09 Å². The minimum atomic E-state index is 1.06. The Labute approximate surface area is 160 Å². The fourth-order valence-corrected chi connectivity index (χ4v) is 5.47.